The van der Waals surface area contributed by atoms with Gasteiger partial charge in [0.25, 0.3) is 0 Å². The summed E-state index contributed by atoms with van der Waals surface area (Å²) in [4.78, 5) is 2.52. The van der Waals surface area contributed by atoms with E-state index in [1.165, 1.54) is 112 Å². The molecule has 0 bridgehead atoms. The van der Waals surface area contributed by atoms with Crippen LogP contribution < -0.4 is 4.90 Å². The first kappa shape index (κ1) is 42.1. The molecule has 0 aliphatic heterocycles. The second-order valence-electron chi connectivity index (χ2n) is 21.0. The summed E-state index contributed by atoms with van der Waals surface area (Å²) in [6.07, 6.45) is 2.36. The van der Waals surface area contributed by atoms with Crippen molar-refractivity contribution in [3.63, 3.8) is 0 Å². The number of fused-ring (bicyclic) bond motifs is 10. The van der Waals surface area contributed by atoms with Crippen LogP contribution in [0.4, 0.5) is 17.1 Å². The van der Waals surface area contributed by atoms with Gasteiger partial charge in [0.2, 0.25) is 0 Å². The molecule has 0 unspecified atom stereocenters. The predicted molar refractivity (Wildman–Crippen MR) is 297 cm³/mol. The fraction of sp³-hybridized carbons (Fsp3) is 0.130. The third-order valence-corrected chi connectivity index (χ3v) is 16.2. The zero-order valence-corrected chi connectivity index (χ0v) is 40.4. The van der Waals surface area contributed by atoms with Crippen LogP contribution in [0, 0.1) is 0 Å². The molecule has 0 spiro atoms. The lowest BCUT2D eigenvalue weighted by molar-refractivity contribution is 0.333. The Morgan fingerprint density at radius 1 is 0.314 bits per heavy atom. The molecule has 0 aromatic heterocycles. The summed E-state index contributed by atoms with van der Waals surface area (Å²) in [6.45, 7) is 9.72. The van der Waals surface area contributed by atoms with Crippen molar-refractivity contribution >= 4 is 49.4 Å². The van der Waals surface area contributed by atoms with E-state index in [4.69, 9.17) is 0 Å². The van der Waals surface area contributed by atoms with Crippen LogP contribution >= 0.6 is 0 Å². The molecule has 13 rings (SSSR count). The number of hydrogen-bond acceptors (Lipinski definition) is 1. The highest BCUT2D eigenvalue weighted by atomic mass is 15.1. The molecule has 0 atom stereocenters. The van der Waals surface area contributed by atoms with E-state index in [0.717, 1.165) is 17.1 Å². The molecular weight excluding hydrogens is 843 g/mol. The minimum Gasteiger partial charge on any atom is -0.310 e. The second-order valence-corrected chi connectivity index (χ2v) is 21.0. The number of anilines is 3. The van der Waals surface area contributed by atoms with Gasteiger partial charge in [-0.1, -0.05) is 228 Å². The molecule has 0 saturated heterocycles. The van der Waals surface area contributed by atoms with Gasteiger partial charge >= 0.3 is 0 Å². The van der Waals surface area contributed by atoms with Crippen LogP contribution in [-0.2, 0) is 16.2 Å². The van der Waals surface area contributed by atoms with Crippen molar-refractivity contribution in [3.8, 4) is 33.4 Å². The summed E-state index contributed by atoms with van der Waals surface area (Å²) in [5, 5.41) is 7.58. The lowest BCUT2D eigenvalue weighted by atomic mass is 9.61. The van der Waals surface area contributed by atoms with Crippen molar-refractivity contribution in [1.29, 1.82) is 0 Å². The minimum absolute atomic E-state index is 0.0817. The molecule has 0 saturated carbocycles. The van der Waals surface area contributed by atoms with E-state index < -0.39 is 5.41 Å². The van der Waals surface area contributed by atoms with Gasteiger partial charge in [-0.2, -0.15) is 0 Å². The Labute approximate surface area is 412 Å². The van der Waals surface area contributed by atoms with Crippen molar-refractivity contribution < 1.29 is 0 Å². The Morgan fingerprint density at radius 2 is 0.800 bits per heavy atom. The largest absolute Gasteiger partial charge is 0.310 e. The molecule has 0 radical (unpaired) electrons. The van der Waals surface area contributed by atoms with E-state index in [-0.39, 0.29) is 10.8 Å². The highest BCUT2D eigenvalue weighted by Gasteiger charge is 2.47. The SMILES string of the molecule is CC1(C)CCC(C)(C)c2c(-c3ccc(-c4cc5c(cc4N(c4ccccc4)c4ccc6c7ccccc7c7ccccc7c6c4)C(c4ccccc4)(c4ccccc4)c4ccccc4-5)cc3)cccc21. The molecule has 70 heavy (non-hydrogen) atoms. The molecular formula is C69H55N. The Morgan fingerprint density at radius 3 is 1.43 bits per heavy atom. The highest BCUT2D eigenvalue weighted by Crippen LogP contribution is 2.59. The average molecular weight is 898 g/mol. The lowest BCUT2D eigenvalue weighted by Gasteiger charge is -2.43. The Hall–Kier alpha value is -8.00. The fourth-order valence-corrected chi connectivity index (χ4v) is 12.7. The summed E-state index contributed by atoms with van der Waals surface area (Å²) < 4.78 is 0. The summed E-state index contributed by atoms with van der Waals surface area (Å²) in [6, 6.07) is 89.0. The maximum absolute atomic E-state index is 2.55. The molecule has 336 valence electrons. The third kappa shape index (κ3) is 6.38. The normalized spacial score (nSPS) is 15.1. The first-order valence-corrected chi connectivity index (χ1v) is 25.1. The first-order chi connectivity index (χ1) is 34.2. The molecule has 11 aromatic rings. The van der Waals surface area contributed by atoms with Gasteiger partial charge in [-0.15, -0.1) is 0 Å². The number of benzene rings is 11. The predicted octanol–water partition coefficient (Wildman–Crippen LogP) is 18.7. The molecule has 0 amide bonds. The maximum Gasteiger partial charge on any atom is 0.0714 e. The van der Waals surface area contributed by atoms with E-state index in [0.29, 0.717) is 0 Å². The van der Waals surface area contributed by atoms with E-state index >= 15 is 0 Å². The highest BCUT2D eigenvalue weighted by molar-refractivity contribution is 6.26. The lowest BCUT2D eigenvalue weighted by Crippen LogP contribution is -2.34. The molecule has 11 aromatic carbocycles. The molecule has 2 aliphatic rings. The zero-order chi connectivity index (χ0) is 47.2. The standard InChI is InChI=1S/C69H55N/c1-67(2)41-42-68(3,4)66-52(32-20-34-63(66)67)46-35-37-47(38-36-46)59-44-61-58-31-18-19-33-62(58)69(48-21-8-5-9-22-48,49-23-10-6-11-24-49)64(61)45-65(59)70(50-25-12-7-13-26-50)51-39-40-57-55-29-15-14-27-53(55)54-28-16-17-30-56(54)60(57)43-51/h5-40,43-45H,41-42H2,1-4H3. The molecule has 0 heterocycles. The monoisotopic (exact) mass is 897 g/mol. The van der Waals surface area contributed by atoms with E-state index in [1.807, 2.05) is 0 Å². The van der Waals surface area contributed by atoms with Gasteiger partial charge in [-0.25, -0.2) is 0 Å². The van der Waals surface area contributed by atoms with Crippen molar-refractivity contribution in [2.45, 2.75) is 56.8 Å². The zero-order valence-electron chi connectivity index (χ0n) is 40.4. The quantitative estimate of drug-likeness (QED) is 0.144. The van der Waals surface area contributed by atoms with Crippen LogP contribution in [0.1, 0.15) is 73.9 Å². The van der Waals surface area contributed by atoms with Crippen LogP contribution in [0.15, 0.2) is 237 Å². The molecule has 1 nitrogen and oxygen atoms in total. The number of nitrogens with zero attached hydrogens (tertiary/aromatic N) is 1. The molecule has 1 heteroatoms. The third-order valence-electron chi connectivity index (χ3n) is 16.2. The summed E-state index contributed by atoms with van der Waals surface area (Å²) in [5.74, 6) is 0. The molecule has 0 N–H and O–H groups in total. The van der Waals surface area contributed by atoms with Crippen LogP contribution in [0.25, 0.3) is 65.7 Å². The van der Waals surface area contributed by atoms with E-state index in [9.17, 15) is 0 Å². The Balaban J connectivity index is 1.11. The number of rotatable bonds is 7. The summed E-state index contributed by atoms with van der Waals surface area (Å²) in [7, 11) is 0. The number of hydrogen-bond donors (Lipinski definition) is 0. The van der Waals surface area contributed by atoms with Crippen LogP contribution in [0.5, 0.6) is 0 Å². The first-order valence-electron chi connectivity index (χ1n) is 25.1. The van der Waals surface area contributed by atoms with Crippen LogP contribution in [0.3, 0.4) is 0 Å². The van der Waals surface area contributed by atoms with Crippen LogP contribution in [0.2, 0.25) is 0 Å². The van der Waals surface area contributed by atoms with Gasteiger partial charge in [0, 0.05) is 16.9 Å². The second kappa shape index (κ2) is 16.0. The Kier molecular flexibility index (Phi) is 9.65. The van der Waals surface area contributed by atoms with Gasteiger partial charge < -0.3 is 4.90 Å². The van der Waals surface area contributed by atoms with Gasteiger partial charge in [0.1, 0.15) is 0 Å². The van der Waals surface area contributed by atoms with Crippen LogP contribution in [-0.4, -0.2) is 0 Å². The number of para-hydroxylation sites is 1. The van der Waals surface area contributed by atoms with Crippen molar-refractivity contribution in [2.24, 2.45) is 0 Å². The molecule has 0 fully saturated rings. The average Bonchev–Trinajstić information content (AvgIpc) is 3.70. The van der Waals surface area contributed by atoms with Gasteiger partial charge in [-0.05, 0) is 154 Å². The Bertz CT molecular complexity index is 3730. The summed E-state index contributed by atoms with van der Waals surface area (Å²) >= 11 is 0. The van der Waals surface area contributed by atoms with Crippen molar-refractivity contribution in [1.82, 2.24) is 0 Å². The fourth-order valence-electron chi connectivity index (χ4n) is 12.7. The van der Waals surface area contributed by atoms with E-state index in [2.05, 4.69) is 269 Å². The minimum atomic E-state index is -0.570. The van der Waals surface area contributed by atoms with Crippen molar-refractivity contribution in [2.75, 3.05) is 4.90 Å². The van der Waals surface area contributed by atoms with Gasteiger partial charge in [0.15, 0.2) is 0 Å². The molecule has 2 aliphatic carbocycles. The van der Waals surface area contributed by atoms with Gasteiger partial charge in [0.05, 0.1) is 11.1 Å². The summed E-state index contributed by atoms with van der Waals surface area (Å²) in [5.41, 5.74) is 18.6. The maximum atomic E-state index is 2.55. The topological polar surface area (TPSA) is 3.24 Å². The van der Waals surface area contributed by atoms with Crippen molar-refractivity contribution in [3.05, 3.63) is 270 Å². The van der Waals surface area contributed by atoms with E-state index in [1.54, 1.807) is 0 Å². The van der Waals surface area contributed by atoms with Gasteiger partial charge in [-0.3, -0.25) is 0 Å². The smallest absolute Gasteiger partial charge is 0.0714 e.